The zero-order chi connectivity index (χ0) is 19.2. The summed E-state index contributed by atoms with van der Waals surface area (Å²) in [4.78, 5) is 30.1. The van der Waals surface area contributed by atoms with Crippen LogP contribution in [0.4, 0.5) is 8.78 Å². The Morgan fingerprint density at radius 3 is 2.35 bits per heavy atom. The Hall–Kier alpha value is -2.77. The molecule has 0 spiro atoms. The monoisotopic (exact) mass is 362 g/mol. The van der Waals surface area contributed by atoms with E-state index in [-0.39, 0.29) is 22.8 Å². The standard InChI is InChI=1S/C18H20F2N4O2/c1-10(2)8-22-9-21-16-15(22)17(25)23(11(3)4)18(26)24(16)12-5-6-13(19)14(20)7-12/h5-7,9-11H,8H2,1-4H3. The Balaban J connectivity index is 2.45. The fourth-order valence-electron chi connectivity index (χ4n) is 3.00. The van der Waals surface area contributed by atoms with E-state index in [1.165, 1.54) is 12.4 Å². The number of hydrogen-bond donors (Lipinski definition) is 0. The number of halogens is 2. The van der Waals surface area contributed by atoms with Gasteiger partial charge in [0.15, 0.2) is 22.8 Å². The van der Waals surface area contributed by atoms with Crippen LogP contribution in [0.2, 0.25) is 0 Å². The topological polar surface area (TPSA) is 61.8 Å². The smallest absolute Gasteiger partial charge is 0.324 e. The van der Waals surface area contributed by atoms with Crippen LogP contribution in [0.25, 0.3) is 16.9 Å². The first-order valence-corrected chi connectivity index (χ1v) is 8.40. The van der Waals surface area contributed by atoms with Crippen molar-refractivity contribution in [1.82, 2.24) is 18.7 Å². The van der Waals surface area contributed by atoms with Gasteiger partial charge in [-0.1, -0.05) is 13.8 Å². The van der Waals surface area contributed by atoms with Crippen molar-refractivity contribution in [2.24, 2.45) is 5.92 Å². The Morgan fingerprint density at radius 1 is 1.08 bits per heavy atom. The van der Waals surface area contributed by atoms with E-state index < -0.39 is 28.9 Å². The fourth-order valence-corrected chi connectivity index (χ4v) is 3.00. The minimum absolute atomic E-state index is 0.114. The predicted octanol–water partition coefficient (Wildman–Crippen LogP) is 2.86. The molecule has 0 saturated heterocycles. The summed E-state index contributed by atoms with van der Waals surface area (Å²) in [6.45, 7) is 7.97. The Morgan fingerprint density at radius 2 is 1.77 bits per heavy atom. The Kier molecular flexibility index (Phi) is 4.52. The number of imidazole rings is 1. The molecule has 0 aliphatic rings. The summed E-state index contributed by atoms with van der Waals surface area (Å²) in [5, 5.41) is 0. The lowest BCUT2D eigenvalue weighted by Gasteiger charge is -2.15. The number of fused-ring (bicyclic) bond motifs is 1. The molecule has 26 heavy (non-hydrogen) atoms. The van der Waals surface area contributed by atoms with E-state index in [1.807, 2.05) is 13.8 Å². The van der Waals surface area contributed by atoms with Crippen LogP contribution in [-0.4, -0.2) is 18.7 Å². The van der Waals surface area contributed by atoms with Gasteiger partial charge in [-0.05, 0) is 31.9 Å². The number of benzene rings is 1. The van der Waals surface area contributed by atoms with Crippen molar-refractivity contribution in [3.63, 3.8) is 0 Å². The van der Waals surface area contributed by atoms with E-state index in [9.17, 15) is 18.4 Å². The van der Waals surface area contributed by atoms with Gasteiger partial charge in [0.1, 0.15) is 0 Å². The van der Waals surface area contributed by atoms with Crippen molar-refractivity contribution in [2.45, 2.75) is 40.3 Å². The molecule has 8 heteroatoms. The van der Waals surface area contributed by atoms with Gasteiger partial charge in [0.25, 0.3) is 5.56 Å². The second-order valence-corrected chi connectivity index (χ2v) is 6.95. The number of rotatable bonds is 4. The van der Waals surface area contributed by atoms with Crippen LogP contribution < -0.4 is 11.2 Å². The molecule has 0 aliphatic carbocycles. The number of aromatic nitrogens is 4. The molecule has 1 aromatic carbocycles. The quantitative estimate of drug-likeness (QED) is 0.717. The molecule has 0 saturated carbocycles. The first-order chi connectivity index (χ1) is 12.2. The fraction of sp³-hybridized carbons (Fsp3) is 0.389. The molecule has 6 nitrogen and oxygen atoms in total. The molecule has 0 N–H and O–H groups in total. The summed E-state index contributed by atoms with van der Waals surface area (Å²) in [5.41, 5.74) is -0.585. The third-order valence-electron chi connectivity index (χ3n) is 4.09. The second kappa shape index (κ2) is 6.51. The summed E-state index contributed by atoms with van der Waals surface area (Å²) in [7, 11) is 0. The molecule has 2 heterocycles. The average molecular weight is 362 g/mol. The van der Waals surface area contributed by atoms with E-state index in [1.54, 1.807) is 18.4 Å². The van der Waals surface area contributed by atoms with Gasteiger partial charge in [-0.15, -0.1) is 0 Å². The van der Waals surface area contributed by atoms with E-state index in [0.717, 1.165) is 21.3 Å². The summed E-state index contributed by atoms with van der Waals surface area (Å²) >= 11 is 0. The molecule has 0 atom stereocenters. The highest BCUT2D eigenvalue weighted by molar-refractivity contribution is 5.72. The van der Waals surface area contributed by atoms with Crippen molar-refractivity contribution in [1.29, 1.82) is 0 Å². The second-order valence-electron chi connectivity index (χ2n) is 6.95. The molecule has 0 fully saturated rings. The zero-order valence-corrected chi connectivity index (χ0v) is 15.0. The summed E-state index contributed by atoms with van der Waals surface area (Å²) in [6, 6.07) is 2.75. The van der Waals surface area contributed by atoms with Crippen LogP contribution in [0.15, 0.2) is 34.1 Å². The summed E-state index contributed by atoms with van der Waals surface area (Å²) in [5.74, 6) is -1.84. The molecule has 138 valence electrons. The molecule has 2 aromatic heterocycles. The third-order valence-corrected chi connectivity index (χ3v) is 4.09. The van der Waals surface area contributed by atoms with Gasteiger partial charge in [-0.2, -0.15) is 0 Å². The SMILES string of the molecule is CC(C)Cn1cnc2c1c(=O)n(C(C)C)c(=O)n2-c1ccc(F)c(F)c1. The van der Waals surface area contributed by atoms with Crippen molar-refractivity contribution in [3.05, 3.63) is 57.0 Å². The van der Waals surface area contributed by atoms with Crippen molar-refractivity contribution < 1.29 is 8.78 Å². The Labute approximate surface area is 148 Å². The highest BCUT2D eigenvalue weighted by Gasteiger charge is 2.21. The largest absolute Gasteiger partial charge is 0.337 e. The first-order valence-electron chi connectivity index (χ1n) is 8.40. The van der Waals surface area contributed by atoms with E-state index in [2.05, 4.69) is 4.98 Å². The predicted molar refractivity (Wildman–Crippen MR) is 94.7 cm³/mol. The summed E-state index contributed by atoms with van der Waals surface area (Å²) in [6.07, 6.45) is 1.49. The van der Waals surface area contributed by atoms with Crippen molar-refractivity contribution >= 4 is 11.2 Å². The molecule has 0 unspecified atom stereocenters. The van der Waals surface area contributed by atoms with E-state index >= 15 is 0 Å². The van der Waals surface area contributed by atoms with Gasteiger partial charge in [-0.25, -0.2) is 23.1 Å². The highest BCUT2D eigenvalue weighted by Crippen LogP contribution is 2.17. The maximum atomic E-state index is 13.7. The van der Waals surface area contributed by atoms with E-state index in [4.69, 9.17) is 0 Å². The van der Waals surface area contributed by atoms with Crippen LogP contribution in [-0.2, 0) is 6.54 Å². The van der Waals surface area contributed by atoms with Crippen molar-refractivity contribution in [2.75, 3.05) is 0 Å². The highest BCUT2D eigenvalue weighted by atomic mass is 19.2. The average Bonchev–Trinajstić information content (AvgIpc) is 2.93. The Bertz CT molecular complexity index is 1090. The third kappa shape index (κ3) is 2.85. The maximum Gasteiger partial charge on any atom is 0.337 e. The van der Waals surface area contributed by atoms with Gasteiger partial charge in [0, 0.05) is 18.7 Å². The first kappa shape index (κ1) is 18.0. The van der Waals surface area contributed by atoms with Crippen LogP contribution in [0.3, 0.4) is 0 Å². The normalized spacial score (nSPS) is 11.8. The van der Waals surface area contributed by atoms with Crippen molar-refractivity contribution in [3.8, 4) is 5.69 Å². The van der Waals surface area contributed by atoms with Crippen LogP contribution >= 0.6 is 0 Å². The molecule has 0 radical (unpaired) electrons. The lowest BCUT2D eigenvalue weighted by atomic mass is 10.2. The molecule has 3 rings (SSSR count). The van der Waals surface area contributed by atoms with Gasteiger partial charge >= 0.3 is 5.69 Å². The zero-order valence-electron chi connectivity index (χ0n) is 15.0. The number of hydrogen-bond acceptors (Lipinski definition) is 3. The van der Waals surface area contributed by atoms with Gasteiger partial charge < -0.3 is 4.57 Å². The van der Waals surface area contributed by atoms with Gasteiger partial charge in [0.2, 0.25) is 0 Å². The lowest BCUT2D eigenvalue weighted by molar-refractivity contribution is 0.505. The minimum atomic E-state index is -1.08. The maximum absolute atomic E-state index is 13.7. The van der Waals surface area contributed by atoms with Crippen LogP contribution in [0.1, 0.15) is 33.7 Å². The molecule has 3 aromatic rings. The summed E-state index contributed by atoms with van der Waals surface area (Å²) < 4.78 is 31.0. The molecule has 0 amide bonds. The molecule has 0 bridgehead atoms. The van der Waals surface area contributed by atoms with Crippen LogP contribution in [0.5, 0.6) is 0 Å². The molecular weight excluding hydrogens is 342 g/mol. The lowest BCUT2D eigenvalue weighted by Crippen LogP contribution is -2.41. The number of nitrogens with zero attached hydrogens (tertiary/aromatic N) is 4. The van der Waals surface area contributed by atoms with Crippen LogP contribution in [0, 0.1) is 17.6 Å². The molecule has 0 aliphatic heterocycles. The van der Waals surface area contributed by atoms with Gasteiger partial charge in [-0.3, -0.25) is 9.36 Å². The molecular formula is C18H20F2N4O2. The van der Waals surface area contributed by atoms with Gasteiger partial charge in [0.05, 0.1) is 12.0 Å². The van der Waals surface area contributed by atoms with E-state index in [0.29, 0.717) is 6.54 Å². The minimum Gasteiger partial charge on any atom is -0.324 e.